The largest absolute Gasteiger partial charge is 0.277 e. The van der Waals surface area contributed by atoms with Crippen LogP contribution in [0.2, 0.25) is 12.1 Å². The third kappa shape index (κ3) is 2.82. The molecule has 0 saturated heterocycles. The van der Waals surface area contributed by atoms with E-state index in [2.05, 4.69) is 18.8 Å². The molecule has 0 fully saturated rings. The first kappa shape index (κ1) is 7.18. The summed E-state index contributed by atoms with van der Waals surface area (Å²) < 4.78 is 0. The molecule has 0 aromatic rings. The topological polar surface area (TPSA) is 14.1 Å². The molecule has 0 heterocycles. The Morgan fingerprint density at radius 2 is 1.71 bits per heavy atom. The molecule has 0 amide bonds. The molecule has 43 valence electrons. The molecule has 1 radical (unpaired) electrons. The molecule has 0 aliphatic heterocycles. The van der Waals surface area contributed by atoms with E-state index in [-0.39, 0.29) is 0 Å². The monoisotopic (exact) mass is 116 g/mol. The van der Waals surface area contributed by atoms with Crippen LogP contribution >= 0.6 is 0 Å². The quantitative estimate of drug-likeness (QED) is 0.488. The Kier molecular flexibility index (Phi) is 4.45. The minimum Gasteiger partial charge on any atom is -0.277 e. The molecular formula is C5H14NSi. The normalized spacial score (nSPS) is 10.3. The molecule has 2 heteroatoms. The van der Waals surface area contributed by atoms with Gasteiger partial charge in [0.15, 0.2) is 0 Å². The van der Waals surface area contributed by atoms with Gasteiger partial charge in [-0.2, -0.15) is 0 Å². The standard InChI is InChI=1S/C5H14NSi/c1-4-7(5-2)6-3/h7H,4-5H2,1-3H3. The first-order valence-electron chi connectivity index (χ1n) is 2.94. The summed E-state index contributed by atoms with van der Waals surface area (Å²) in [5, 5.41) is 0. The number of rotatable bonds is 3. The van der Waals surface area contributed by atoms with Gasteiger partial charge in [-0.25, -0.2) is 0 Å². The highest BCUT2D eigenvalue weighted by molar-refractivity contribution is 6.55. The van der Waals surface area contributed by atoms with E-state index in [0.717, 1.165) is 0 Å². The van der Waals surface area contributed by atoms with Crippen molar-refractivity contribution in [1.82, 2.24) is 4.98 Å². The molecule has 7 heavy (non-hydrogen) atoms. The average molecular weight is 116 g/mol. The average Bonchev–Trinajstić information content (AvgIpc) is 1.72. The number of nitrogens with zero attached hydrogens (tertiary/aromatic N) is 1. The minimum atomic E-state index is -0.546. The maximum absolute atomic E-state index is 4.26. The summed E-state index contributed by atoms with van der Waals surface area (Å²) in [4.78, 5) is 4.26. The van der Waals surface area contributed by atoms with E-state index in [1.165, 1.54) is 12.1 Å². The molecule has 0 unspecified atom stereocenters. The van der Waals surface area contributed by atoms with Crippen LogP contribution in [0.15, 0.2) is 0 Å². The predicted molar refractivity (Wildman–Crippen MR) is 36.2 cm³/mol. The van der Waals surface area contributed by atoms with Crippen LogP contribution in [-0.2, 0) is 0 Å². The van der Waals surface area contributed by atoms with Crippen LogP contribution in [0.25, 0.3) is 0 Å². The Balaban J connectivity index is 2.99. The molecule has 0 aromatic heterocycles. The van der Waals surface area contributed by atoms with E-state index in [4.69, 9.17) is 0 Å². The van der Waals surface area contributed by atoms with Crippen molar-refractivity contribution in [3.8, 4) is 0 Å². The summed E-state index contributed by atoms with van der Waals surface area (Å²) in [6, 6.07) is 2.65. The van der Waals surface area contributed by atoms with Crippen molar-refractivity contribution in [3.63, 3.8) is 0 Å². The Hall–Kier alpha value is 0.177. The van der Waals surface area contributed by atoms with Gasteiger partial charge in [-0.15, -0.1) is 0 Å². The van der Waals surface area contributed by atoms with Crippen LogP contribution in [0, 0.1) is 0 Å². The van der Waals surface area contributed by atoms with Crippen molar-refractivity contribution in [2.45, 2.75) is 25.9 Å². The van der Waals surface area contributed by atoms with Gasteiger partial charge in [0, 0.05) is 0 Å². The maximum Gasteiger partial charge on any atom is 0.128 e. The lowest BCUT2D eigenvalue weighted by Gasteiger charge is -2.03. The zero-order valence-electron chi connectivity index (χ0n) is 5.44. The van der Waals surface area contributed by atoms with E-state index in [1.807, 2.05) is 7.05 Å². The molecule has 0 bridgehead atoms. The van der Waals surface area contributed by atoms with Gasteiger partial charge in [0.2, 0.25) is 0 Å². The molecule has 0 saturated carbocycles. The van der Waals surface area contributed by atoms with E-state index in [0.29, 0.717) is 0 Å². The van der Waals surface area contributed by atoms with Gasteiger partial charge in [-0.3, -0.25) is 4.98 Å². The molecule has 0 atom stereocenters. The van der Waals surface area contributed by atoms with Crippen LogP contribution in [-0.4, -0.2) is 16.0 Å². The second-order valence-electron chi connectivity index (χ2n) is 1.73. The van der Waals surface area contributed by atoms with Crippen LogP contribution in [0.1, 0.15) is 13.8 Å². The zero-order valence-corrected chi connectivity index (χ0v) is 6.59. The molecule has 0 aromatic carbocycles. The van der Waals surface area contributed by atoms with Crippen molar-refractivity contribution in [1.29, 1.82) is 0 Å². The fourth-order valence-corrected chi connectivity index (χ4v) is 1.96. The van der Waals surface area contributed by atoms with E-state index in [9.17, 15) is 0 Å². The minimum absolute atomic E-state index is 0.546. The highest BCUT2D eigenvalue weighted by Gasteiger charge is 1.99. The fraction of sp³-hybridized carbons (Fsp3) is 1.00. The number of hydrogen-bond donors (Lipinski definition) is 0. The van der Waals surface area contributed by atoms with Gasteiger partial charge < -0.3 is 0 Å². The van der Waals surface area contributed by atoms with Gasteiger partial charge in [-0.05, 0) is 19.1 Å². The summed E-state index contributed by atoms with van der Waals surface area (Å²) in [6.07, 6.45) is 0. The highest BCUT2D eigenvalue weighted by atomic mass is 28.3. The Bertz CT molecular complexity index is 29.6. The van der Waals surface area contributed by atoms with Gasteiger partial charge in [0.05, 0.1) is 0 Å². The fourth-order valence-electron chi connectivity index (χ4n) is 0.654. The summed E-state index contributed by atoms with van der Waals surface area (Å²) in [6.45, 7) is 4.46. The number of hydrogen-bond acceptors (Lipinski definition) is 0. The van der Waals surface area contributed by atoms with Gasteiger partial charge in [0.1, 0.15) is 8.96 Å². The maximum atomic E-state index is 4.26. The summed E-state index contributed by atoms with van der Waals surface area (Å²) in [5.74, 6) is 0. The van der Waals surface area contributed by atoms with Gasteiger partial charge in [-0.1, -0.05) is 13.8 Å². The van der Waals surface area contributed by atoms with Gasteiger partial charge >= 0.3 is 0 Å². The van der Waals surface area contributed by atoms with Crippen molar-refractivity contribution < 1.29 is 0 Å². The molecule has 0 aliphatic rings. The Morgan fingerprint density at radius 3 is 1.71 bits per heavy atom. The third-order valence-corrected chi connectivity index (χ3v) is 3.92. The smallest absolute Gasteiger partial charge is 0.128 e. The lowest BCUT2D eigenvalue weighted by atomic mass is 10.9. The predicted octanol–water partition coefficient (Wildman–Crippen LogP) is 0.984. The van der Waals surface area contributed by atoms with Crippen molar-refractivity contribution in [2.75, 3.05) is 7.05 Å². The summed E-state index contributed by atoms with van der Waals surface area (Å²) >= 11 is 0. The first-order chi connectivity index (χ1) is 3.35. The Morgan fingerprint density at radius 1 is 1.29 bits per heavy atom. The van der Waals surface area contributed by atoms with Crippen LogP contribution in [0.5, 0.6) is 0 Å². The zero-order chi connectivity index (χ0) is 5.70. The first-order valence-corrected chi connectivity index (χ1v) is 5.09. The molecule has 0 aliphatic carbocycles. The second-order valence-corrected chi connectivity index (χ2v) is 5.19. The summed E-state index contributed by atoms with van der Waals surface area (Å²) in [5.41, 5.74) is 0. The van der Waals surface area contributed by atoms with E-state index < -0.39 is 8.96 Å². The SMILES string of the molecule is CC[SiH](CC)[N]C. The van der Waals surface area contributed by atoms with Gasteiger partial charge in [0.25, 0.3) is 0 Å². The lowest BCUT2D eigenvalue weighted by molar-refractivity contribution is 1.10. The molecule has 0 spiro atoms. The van der Waals surface area contributed by atoms with E-state index in [1.54, 1.807) is 0 Å². The van der Waals surface area contributed by atoms with Crippen LogP contribution in [0.3, 0.4) is 0 Å². The van der Waals surface area contributed by atoms with Crippen LogP contribution < -0.4 is 4.98 Å². The summed E-state index contributed by atoms with van der Waals surface area (Å²) in [7, 11) is 1.40. The molecule has 0 rings (SSSR count). The third-order valence-electron chi connectivity index (χ3n) is 1.31. The van der Waals surface area contributed by atoms with Crippen molar-refractivity contribution >= 4 is 8.96 Å². The van der Waals surface area contributed by atoms with Crippen LogP contribution in [0.4, 0.5) is 0 Å². The molecule has 0 N–H and O–H groups in total. The van der Waals surface area contributed by atoms with E-state index >= 15 is 0 Å². The highest BCUT2D eigenvalue weighted by Crippen LogP contribution is 1.91. The molecular weight excluding hydrogens is 102 g/mol. The second kappa shape index (κ2) is 4.34. The van der Waals surface area contributed by atoms with Crippen molar-refractivity contribution in [2.24, 2.45) is 0 Å². The van der Waals surface area contributed by atoms with Crippen molar-refractivity contribution in [3.05, 3.63) is 0 Å². The molecule has 1 nitrogen and oxygen atoms in total. The Labute approximate surface area is 47.8 Å². The lowest BCUT2D eigenvalue weighted by Crippen LogP contribution is -2.20.